The van der Waals surface area contributed by atoms with Crippen molar-refractivity contribution < 1.29 is 4.74 Å². The van der Waals surface area contributed by atoms with E-state index in [1.54, 1.807) is 12.3 Å². The monoisotopic (exact) mass is 256 g/mol. The van der Waals surface area contributed by atoms with Crippen molar-refractivity contribution in [3.05, 3.63) is 17.4 Å². The van der Waals surface area contributed by atoms with Crippen molar-refractivity contribution in [3.63, 3.8) is 0 Å². The van der Waals surface area contributed by atoms with Crippen molar-refractivity contribution in [2.45, 2.75) is 13.0 Å². The number of rotatable bonds is 4. The van der Waals surface area contributed by atoms with Gasteiger partial charge >= 0.3 is 0 Å². The molecule has 17 heavy (non-hydrogen) atoms. The van der Waals surface area contributed by atoms with E-state index in [2.05, 4.69) is 27.3 Å². The van der Waals surface area contributed by atoms with Crippen LogP contribution in [-0.2, 0) is 4.74 Å². The molecule has 0 spiro atoms. The van der Waals surface area contributed by atoms with Gasteiger partial charge in [0.05, 0.1) is 25.1 Å². The number of hydrogen-bond donors (Lipinski definition) is 1. The van der Waals surface area contributed by atoms with Crippen LogP contribution in [0.5, 0.6) is 0 Å². The van der Waals surface area contributed by atoms with Crippen LogP contribution in [0.4, 0.5) is 5.69 Å². The van der Waals surface area contributed by atoms with E-state index in [4.69, 9.17) is 16.3 Å². The number of ether oxygens (including phenoxy) is 1. The molecule has 1 aromatic heterocycles. The summed E-state index contributed by atoms with van der Waals surface area (Å²) in [5, 5.41) is 11.3. The molecule has 0 radical (unpaired) electrons. The maximum atomic E-state index is 5.78. The van der Waals surface area contributed by atoms with Crippen LogP contribution in [0.3, 0.4) is 0 Å². The molecule has 1 unspecified atom stereocenters. The van der Waals surface area contributed by atoms with Crippen LogP contribution in [0.15, 0.2) is 12.3 Å². The molecule has 2 rings (SSSR count). The lowest BCUT2D eigenvalue weighted by atomic mass is 10.2. The zero-order valence-corrected chi connectivity index (χ0v) is 10.7. The Bertz CT molecular complexity index is 357. The zero-order valence-electron chi connectivity index (χ0n) is 9.90. The number of nitrogens with zero attached hydrogens (tertiary/aromatic N) is 3. The molecule has 0 aromatic carbocycles. The fourth-order valence-electron chi connectivity index (χ4n) is 1.92. The van der Waals surface area contributed by atoms with Gasteiger partial charge in [-0.3, -0.25) is 4.90 Å². The van der Waals surface area contributed by atoms with Crippen LogP contribution in [-0.4, -0.2) is 54.0 Å². The van der Waals surface area contributed by atoms with E-state index in [0.717, 1.165) is 38.5 Å². The van der Waals surface area contributed by atoms with Gasteiger partial charge in [-0.15, -0.1) is 5.10 Å². The Morgan fingerprint density at radius 3 is 3.00 bits per heavy atom. The maximum absolute atomic E-state index is 5.78. The average molecular weight is 257 g/mol. The molecule has 5 nitrogen and oxygen atoms in total. The zero-order chi connectivity index (χ0) is 12.1. The third-order valence-electron chi connectivity index (χ3n) is 2.67. The van der Waals surface area contributed by atoms with Crippen LogP contribution in [0.1, 0.15) is 6.92 Å². The van der Waals surface area contributed by atoms with Crippen LogP contribution in [0.25, 0.3) is 0 Å². The molecule has 94 valence electrons. The third kappa shape index (κ3) is 4.11. The van der Waals surface area contributed by atoms with Crippen molar-refractivity contribution in [1.82, 2.24) is 15.1 Å². The predicted molar refractivity (Wildman–Crippen MR) is 67.4 cm³/mol. The van der Waals surface area contributed by atoms with E-state index in [1.165, 1.54) is 0 Å². The Morgan fingerprint density at radius 2 is 2.29 bits per heavy atom. The minimum absolute atomic E-state index is 0.341. The Morgan fingerprint density at radius 1 is 1.53 bits per heavy atom. The highest BCUT2D eigenvalue weighted by atomic mass is 35.5. The quantitative estimate of drug-likeness (QED) is 0.879. The summed E-state index contributed by atoms with van der Waals surface area (Å²) in [6, 6.07) is 2.12. The third-order valence-corrected chi connectivity index (χ3v) is 2.86. The molecule has 1 atom stereocenters. The molecular weight excluding hydrogens is 240 g/mol. The molecule has 1 aliphatic rings. The van der Waals surface area contributed by atoms with Gasteiger partial charge in [-0.1, -0.05) is 11.6 Å². The summed E-state index contributed by atoms with van der Waals surface area (Å²) in [6.07, 6.45) is 1.68. The highest BCUT2D eigenvalue weighted by molar-refractivity contribution is 6.29. The van der Waals surface area contributed by atoms with Gasteiger partial charge in [-0.05, 0) is 6.92 Å². The van der Waals surface area contributed by atoms with Crippen molar-refractivity contribution in [3.8, 4) is 0 Å². The molecule has 0 saturated carbocycles. The maximum Gasteiger partial charge on any atom is 0.153 e. The van der Waals surface area contributed by atoms with E-state index in [1.807, 2.05) is 0 Å². The first-order valence-corrected chi connectivity index (χ1v) is 6.17. The number of anilines is 1. The fraction of sp³-hybridized carbons (Fsp3) is 0.636. The van der Waals surface area contributed by atoms with E-state index >= 15 is 0 Å². The van der Waals surface area contributed by atoms with Gasteiger partial charge < -0.3 is 10.1 Å². The number of aromatic nitrogens is 2. The normalized spacial score (nSPS) is 18.9. The molecule has 6 heteroatoms. The second kappa shape index (κ2) is 6.14. The van der Waals surface area contributed by atoms with Crippen molar-refractivity contribution >= 4 is 17.3 Å². The predicted octanol–water partition coefficient (Wildman–Crippen LogP) is 1.26. The Kier molecular flexibility index (Phi) is 4.53. The van der Waals surface area contributed by atoms with Crippen LogP contribution in [0.2, 0.25) is 5.15 Å². The molecule has 1 aromatic rings. The molecule has 1 saturated heterocycles. The first-order valence-electron chi connectivity index (χ1n) is 5.79. The Hall–Kier alpha value is -0.910. The lowest BCUT2D eigenvalue weighted by Gasteiger charge is -2.29. The fourth-order valence-corrected chi connectivity index (χ4v) is 2.08. The summed E-state index contributed by atoms with van der Waals surface area (Å²) in [5.74, 6) is 0. The minimum atomic E-state index is 0.341. The van der Waals surface area contributed by atoms with Crippen LogP contribution >= 0.6 is 11.6 Å². The van der Waals surface area contributed by atoms with Gasteiger partial charge in [0, 0.05) is 31.7 Å². The summed E-state index contributed by atoms with van der Waals surface area (Å²) in [4.78, 5) is 2.39. The van der Waals surface area contributed by atoms with Gasteiger partial charge in [0.25, 0.3) is 0 Å². The molecule has 0 amide bonds. The number of halogens is 1. The molecular formula is C11H17ClN4O. The Balaban J connectivity index is 1.82. The first-order chi connectivity index (χ1) is 8.24. The van der Waals surface area contributed by atoms with Gasteiger partial charge in [-0.25, -0.2) is 0 Å². The van der Waals surface area contributed by atoms with E-state index in [0.29, 0.717) is 11.2 Å². The summed E-state index contributed by atoms with van der Waals surface area (Å²) >= 11 is 5.78. The standard InChI is InChI=1S/C11H17ClN4O/c1-9(8-16-2-4-17-5-3-16)14-10-6-11(12)15-13-7-10/h6-7,9H,2-5,8H2,1H3,(H,14,15). The summed E-state index contributed by atoms with van der Waals surface area (Å²) in [6.45, 7) is 6.79. The van der Waals surface area contributed by atoms with Gasteiger partial charge in [0.1, 0.15) is 0 Å². The second-order valence-corrected chi connectivity index (χ2v) is 4.61. The molecule has 1 aliphatic heterocycles. The molecule has 1 fully saturated rings. The van der Waals surface area contributed by atoms with E-state index in [9.17, 15) is 0 Å². The number of nitrogens with one attached hydrogen (secondary N) is 1. The average Bonchev–Trinajstić information content (AvgIpc) is 2.30. The van der Waals surface area contributed by atoms with Gasteiger partial charge in [0.2, 0.25) is 0 Å². The molecule has 1 N–H and O–H groups in total. The highest BCUT2D eigenvalue weighted by Crippen LogP contribution is 2.11. The largest absolute Gasteiger partial charge is 0.380 e. The molecule has 0 bridgehead atoms. The van der Waals surface area contributed by atoms with Crippen LogP contribution < -0.4 is 5.32 Å². The lowest BCUT2D eigenvalue weighted by molar-refractivity contribution is 0.0368. The number of morpholine rings is 1. The lowest BCUT2D eigenvalue weighted by Crippen LogP contribution is -2.42. The van der Waals surface area contributed by atoms with E-state index in [-0.39, 0.29) is 0 Å². The minimum Gasteiger partial charge on any atom is -0.380 e. The smallest absolute Gasteiger partial charge is 0.153 e. The molecule has 0 aliphatic carbocycles. The second-order valence-electron chi connectivity index (χ2n) is 4.23. The van der Waals surface area contributed by atoms with Crippen molar-refractivity contribution in [2.24, 2.45) is 0 Å². The first kappa shape index (κ1) is 12.5. The number of hydrogen-bond acceptors (Lipinski definition) is 5. The summed E-state index contributed by atoms with van der Waals surface area (Å²) in [7, 11) is 0. The summed E-state index contributed by atoms with van der Waals surface area (Å²) in [5.41, 5.74) is 0.908. The highest BCUT2D eigenvalue weighted by Gasteiger charge is 2.13. The Labute approximate surface area is 106 Å². The SMILES string of the molecule is CC(CN1CCOCC1)Nc1cnnc(Cl)c1. The van der Waals surface area contributed by atoms with Crippen molar-refractivity contribution in [2.75, 3.05) is 38.2 Å². The molecule has 2 heterocycles. The van der Waals surface area contributed by atoms with Gasteiger partial charge in [-0.2, -0.15) is 5.10 Å². The van der Waals surface area contributed by atoms with Gasteiger partial charge in [0.15, 0.2) is 5.15 Å². The topological polar surface area (TPSA) is 50.3 Å². The van der Waals surface area contributed by atoms with Crippen molar-refractivity contribution in [1.29, 1.82) is 0 Å². The van der Waals surface area contributed by atoms with Crippen LogP contribution in [0, 0.1) is 0 Å². The summed E-state index contributed by atoms with van der Waals surface area (Å²) < 4.78 is 5.32. The van der Waals surface area contributed by atoms with E-state index < -0.39 is 0 Å².